The summed E-state index contributed by atoms with van der Waals surface area (Å²) in [5.74, 6) is 0.660. The summed E-state index contributed by atoms with van der Waals surface area (Å²) in [6.45, 7) is 4.71. The summed E-state index contributed by atoms with van der Waals surface area (Å²) in [6.07, 6.45) is 2.83. The number of amides is 2. The van der Waals surface area contributed by atoms with Gasteiger partial charge in [0, 0.05) is 31.1 Å². The molecular formula is C21H27N3O4. The first-order valence-corrected chi connectivity index (χ1v) is 10.2. The van der Waals surface area contributed by atoms with E-state index in [9.17, 15) is 14.4 Å². The number of ether oxygens (including phenoxy) is 1. The summed E-state index contributed by atoms with van der Waals surface area (Å²) < 4.78 is 5.55. The molecule has 1 aromatic rings. The molecule has 0 aliphatic carbocycles. The number of nitrogens with zero attached hydrogens (tertiary/aromatic N) is 1. The van der Waals surface area contributed by atoms with Crippen molar-refractivity contribution in [3.63, 3.8) is 0 Å². The molecule has 28 heavy (non-hydrogen) atoms. The summed E-state index contributed by atoms with van der Waals surface area (Å²) in [7, 11) is 0. The molecule has 2 amide bonds. The van der Waals surface area contributed by atoms with Crippen LogP contribution in [0.5, 0.6) is 5.75 Å². The van der Waals surface area contributed by atoms with Crippen LogP contribution in [-0.4, -0.2) is 54.8 Å². The van der Waals surface area contributed by atoms with Crippen molar-refractivity contribution in [1.29, 1.82) is 0 Å². The van der Waals surface area contributed by atoms with Gasteiger partial charge in [-0.3, -0.25) is 14.4 Å². The van der Waals surface area contributed by atoms with Gasteiger partial charge in [-0.25, -0.2) is 0 Å². The van der Waals surface area contributed by atoms with Crippen LogP contribution in [0, 0.1) is 11.8 Å². The number of nitrogens with one attached hydrogen (secondary N) is 2. The van der Waals surface area contributed by atoms with Gasteiger partial charge in [-0.2, -0.15) is 0 Å². The van der Waals surface area contributed by atoms with E-state index in [4.69, 9.17) is 4.74 Å². The van der Waals surface area contributed by atoms with E-state index in [1.165, 1.54) is 0 Å². The van der Waals surface area contributed by atoms with Crippen molar-refractivity contribution < 1.29 is 19.1 Å². The maximum atomic E-state index is 12.9. The number of piperidine rings is 2. The van der Waals surface area contributed by atoms with E-state index < -0.39 is 6.10 Å². The number of carbonyl (C=O) groups is 3. The van der Waals surface area contributed by atoms with E-state index in [1.54, 1.807) is 25.1 Å². The normalized spacial score (nSPS) is 25.5. The first-order chi connectivity index (χ1) is 13.5. The number of carbonyl (C=O) groups excluding carboxylic acids is 3. The average Bonchev–Trinajstić information content (AvgIpc) is 2.74. The van der Waals surface area contributed by atoms with Crippen molar-refractivity contribution in [1.82, 2.24) is 10.2 Å². The minimum Gasteiger partial charge on any atom is -0.479 e. The molecule has 1 aromatic carbocycles. The van der Waals surface area contributed by atoms with Gasteiger partial charge in [0.25, 0.3) is 5.91 Å². The molecule has 2 N–H and O–H groups in total. The van der Waals surface area contributed by atoms with E-state index >= 15 is 0 Å². The number of anilines is 1. The number of Topliss-reactive ketones (excluding diaryl/α,β-unsaturated/α-hetero) is 1. The van der Waals surface area contributed by atoms with Crippen molar-refractivity contribution >= 4 is 23.3 Å². The van der Waals surface area contributed by atoms with Crippen LogP contribution in [0.1, 0.15) is 43.0 Å². The quantitative estimate of drug-likeness (QED) is 0.775. The maximum Gasteiger partial charge on any atom is 0.265 e. The van der Waals surface area contributed by atoms with Crippen molar-refractivity contribution in [3.8, 4) is 5.75 Å². The van der Waals surface area contributed by atoms with Gasteiger partial charge in [0.15, 0.2) is 11.9 Å². The van der Waals surface area contributed by atoms with Gasteiger partial charge in [-0.15, -0.1) is 0 Å². The van der Waals surface area contributed by atoms with Crippen LogP contribution in [0.25, 0.3) is 0 Å². The van der Waals surface area contributed by atoms with E-state index in [2.05, 4.69) is 10.6 Å². The molecule has 150 valence electrons. The highest BCUT2D eigenvalue weighted by Crippen LogP contribution is 2.32. The van der Waals surface area contributed by atoms with E-state index in [-0.39, 0.29) is 29.4 Å². The molecule has 0 bridgehead atoms. The van der Waals surface area contributed by atoms with Crippen LogP contribution < -0.4 is 15.4 Å². The second-order valence-electron chi connectivity index (χ2n) is 7.97. The standard InChI is InChI=1S/C21H27N3O4/c1-13-20(26)23-17-11-15(4-5-18(17)28-13)19(25)14-6-9-24(10-7-14)21(27)16-3-2-8-22-12-16/h4-5,11,13-14,16,22H,2-3,6-10,12H2,1H3,(H,23,26). The van der Waals surface area contributed by atoms with Crippen LogP contribution in [0.15, 0.2) is 18.2 Å². The van der Waals surface area contributed by atoms with Crippen LogP contribution in [0.2, 0.25) is 0 Å². The number of ketones is 1. The highest BCUT2D eigenvalue weighted by Gasteiger charge is 2.32. The molecule has 2 atom stereocenters. The third-order valence-electron chi connectivity index (χ3n) is 6.02. The third-order valence-corrected chi connectivity index (χ3v) is 6.02. The van der Waals surface area contributed by atoms with Gasteiger partial charge in [-0.05, 0) is 57.4 Å². The fourth-order valence-electron chi connectivity index (χ4n) is 4.28. The zero-order chi connectivity index (χ0) is 19.7. The molecule has 0 radical (unpaired) electrons. The molecule has 3 aliphatic heterocycles. The number of rotatable bonds is 3. The number of hydrogen-bond acceptors (Lipinski definition) is 5. The monoisotopic (exact) mass is 385 g/mol. The van der Waals surface area contributed by atoms with Gasteiger partial charge >= 0.3 is 0 Å². The summed E-state index contributed by atoms with van der Waals surface area (Å²) in [5, 5.41) is 6.08. The van der Waals surface area contributed by atoms with Crippen LogP contribution in [-0.2, 0) is 9.59 Å². The fourth-order valence-corrected chi connectivity index (χ4v) is 4.28. The largest absolute Gasteiger partial charge is 0.479 e. The lowest BCUT2D eigenvalue weighted by molar-refractivity contribution is -0.137. The molecule has 4 rings (SSSR count). The smallest absolute Gasteiger partial charge is 0.265 e. The predicted molar refractivity (Wildman–Crippen MR) is 104 cm³/mol. The minimum absolute atomic E-state index is 0.0714. The Labute approximate surface area is 164 Å². The van der Waals surface area contributed by atoms with Gasteiger partial charge in [-0.1, -0.05) is 0 Å². The lowest BCUT2D eigenvalue weighted by Crippen LogP contribution is -2.46. The Morgan fingerprint density at radius 2 is 1.93 bits per heavy atom. The SMILES string of the molecule is CC1Oc2ccc(C(=O)C3CCN(C(=O)C4CCCNC4)CC3)cc2NC1=O. The second-order valence-corrected chi connectivity index (χ2v) is 7.97. The molecule has 2 fully saturated rings. The molecule has 2 saturated heterocycles. The molecule has 7 nitrogen and oxygen atoms in total. The van der Waals surface area contributed by atoms with Crippen LogP contribution in [0.4, 0.5) is 5.69 Å². The van der Waals surface area contributed by atoms with E-state index in [1.807, 2.05) is 4.90 Å². The Morgan fingerprint density at radius 3 is 2.64 bits per heavy atom. The first kappa shape index (κ1) is 18.9. The number of likely N-dealkylation sites (tertiary alicyclic amines) is 1. The van der Waals surface area contributed by atoms with Gasteiger partial charge < -0.3 is 20.3 Å². The van der Waals surface area contributed by atoms with Gasteiger partial charge in [0.2, 0.25) is 5.91 Å². The van der Waals surface area contributed by atoms with Crippen molar-refractivity contribution in [2.45, 2.75) is 38.7 Å². The Hall–Kier alpha value is -2.41. The molecule has 2 unspecified atom stereocenters. The summed E-state index contributed by atoms with van der Waals surface area (Å²) in [4.78, 5) is 39.3. The Balaban J connectivity index is 1.37. The van der Waals surface area contributed by atoms with Gasteiger partial charge in [0.05, 0.1) is 11.6 Å². The molecule has 3 aliphatic rings. The Bertz CT molecular complexity index is 780. The lowest BCUT2D eigenvalue weighted by atomic mass is 9.87. The first-order valence-electron chi connectivity index (χ1n) is 10.2. The molecule has 0 spiro atoms. The Kier molecular flexibility index (Phi) is 5.35. The zero-order valence-corrected chi connectivity index (χ0v) is 16.2. The maximum absolute atomic E-state index is 12.9. The summed E-state index contributed by atoms with van der Waals surface area (Å²) in [5.41, 5.74) is 1.13. The van der Waals surface area contributed by atoms with E-state index in [0.717, 1.165) is 25.9 Å². The summed E-state index contributed by atoms with van der Waals surface area (Å²) in [6, 6.07) is 5.20. The fraction of sp³-hybridized carbons (Fsp3) is 0.571. The number of hydrogen-bond donors (Lipinski definition) is 2. The zero-order valence-electron chi connectivity index (χ0n) is 16.2. The second kappa shape index (κ2) is 7.91. The van der Waals surface area contributed by atoms with Crippen molar-refractivity contribution in [2.24, 2.45) is 11.8 Å². The highest BCUT2D eigenvalue weighted by molar-refractivity contribution is 6.02. The minimum atomic E-state index is -0.532. The van der Waals surface area contributed by atoms with Crippen molar-refractivity contribution in [3.05, 3.63) is 23.8 Å². The predicted octanol–water partition coefficient (Wildman–Crippen LogP) is 1.83. The highest BCUT2D eigenvalue weighted by atomic mass is 16.5. The molecule has 3 heterocycles. The van der Waals surface area contributed by atoms with Crippen LogP contribution in [0.3, 0.4) is 0 Å². The Morgan fingerprint density at radius 1 is 1.14 bits per heavy atom. The molecule has 0 aromatic heterocycles. The lowest BCUT2D eigenvalue weighted by Gasteiger charge is -2.35. The van der Waals surface area contributed by atoms with E-state index in [0.29, 0.717) is 42.9 Å². The third kappa shape index (κ3) is 3.76. The van der Waals surface area contributed by atoms with Crippen LogP contribution >= 0.6 is 0 Å². The topological polar surface area (TPSA) is 87.7 Å². The van der Waals surface area contributed by atoms with Gasteiger partial charge in [0.1, 0.15) is 5.75 Å². The number of benzene rings is 1. The van der Waals surface area contributed by atoms with Crippen molar-refractivity contribution in [2.75, 3.05) is 31.5 Å². The molecule has 0 saturated carbocycles. The average molecular weight is 385 g/mol. The summed E-state index contributed by atoms with van der Waals surface area (Å²) >= 11 is 0. The number of fused-ring (bicyclic) bond motifs is 1. The molecular weight excluding hydrogens is 358 g/mol. The molecule has 7 heteroatoms.